The summed E-state index contributed by atoms with van der Waals surface area (Å²) < 4.78 is 1.56. The van der Waals surface area contributed by atoms with Crippen LogP contribution in [0.3, 0.4) is 0 Å². The molecule has 1 aliphatic heterocycles. The summed E-state index contributed by atoms with van der Waals surface area (Å²) in [4.78, 5) is 20.1. The maximum Gasteiger partial charge on any atom is 0.242 e. The quantitative estimate of drug-likeness (QED) is 0.805. The van der Waals surface area contributed by atoms with Gasteiger partial charge >= 0.3 is 0 Å². The van der Waals surface area contributed by atoms with E-state index in [1.807, 2.05) is 19.9 Å². The average Bonchev–Trinajstić information content (AvgIpc) is 2.95. The van der Waals surface area contributed by atoms with E-state index in [-0.39, 0.29) is 30.2 Å². The van der Waals surface area contributed by atoms with Gasteiger partial charge in [-0.15, -0.1) is 0 Å². The van der Waals surface area contributed by atoms with Gasteiger partial charge in [0.2, 0.25) is 11.7 Å². The van der Waals surface area contributed by atoms with E-state index >= 15 is 0 Å². The summed E-state index contributed by atoms with van der Waals surface area (Å²) in [5.74, 6) is 0.500. The Hall–Kier alpha value is -2.38. The molecule has 0 radical (unpaired) electrons. The van der Waals surface area contributed by atoms with E-state index in [4.69, 9.17) is 5.26 Å². The Labute approximate surface area is 130 Å². The molecule has 0 unspecified atom stereocenters. The van der Waals surface area contributed by atoms with Crippen molar-refractivity contribution < 1.29 is 4.79 Å². The third-order valence-electron chi connectivity index (χ3n) is 3.95. The first kappa shape index (κ1) is 16.0. The number of imidazole rings is 1. The number of carbonyl (C=O) groups excluding carboxylic acids is 1. The number of piperazine rings is 1. The predicted octanol–water partition coefficient (Wildman–Crippen LogP) is 0.447. The molecule has 0 bridgehead atoms. The Morgan fingerprint density at radius 3 is 2.55 bits per heavy atom. The lowest BCUT2D eigenvalue weighted by molar-refractivity contribution is -0.133. The molecule has 1 amide bonds. The third-order valence-corrected chi connectivity index (χ3v) is 3.95. The van der Waals surface area contributed by atoms with Crippen LogP contribution >= 0.6 is 0 Å². The van der Waals surface area contributed by atoms with Crippen molar-refractivity contribution in [3.63, 3.8) is 0 Å². The highest BCUT2D eigenvalue weighted by Gasteiger charge is 2.27. The molecule has 1 aromatic rings. The van der Waals surface area contributed by atoms with Crippen LogP contribution in [0.4, 0.5) is 0 Å². The van der Waals surface area contributed by atoms with Gasteiger partial charge in [0.15, 0.2) is 0 Å². The molecule has 1 atom stereocenters. The van der Waals surface area contributed by atoms with Crippen LogP contribution in [-0.4, -0.2) is 57.5 Å². The normalized spacial score (nSPS) is 17.0. The molecule has 7 heteroatoms. The van der Waals surface area contributed by atoms with Gasteiger partial charge in [-0.2, -0.15) is 10.5 Å². The standard InChI is InChI=1S/C15H20N6O/c1-12(2)13(9-16)19-5-7-20(8-6-19)15(22)11-21-4-3-18-14(21)10-17/h3-4,12-13H,5-8,11H2,1-2H3/t13-/m1/s1. The number of nitriles is 2. The average molecular weight is 300 g/mol. The van der Waals surface area contributed by atoms with Gasteiger partial charge in [-0.1, -0.05) is 13.8 Å². The lowest BCUT2D eigenvalue weighted by Gasteiger charge is -2.38. The third kappa shape index (κ3) is 3.44. The first-order valence-electron chi connectivity index (χ1n) is 7.39. The van der Waals surface area contributed by atoms with Gasteiger partial charge in [-0.05, 0) is 5.92 Å². The van der Waals surface area contributed by atoms with E-state index in [9.17, 15) is 10.1 Å². The molecular weight excluding hydrogens is 280 g/mol. The van der Waals surface area contributed by atoms with E-state index in [1.54, 1.807) is 15.7 Å². The number of rotatable bonds is 4. The van der Waals surface area contributed by atoms with Crippen LogP contribution in [0, 0.1) is 28.6 Å². The van der Waals surface area contributed by atoms with Crippen molar-refractivity contribution in [3.8, 4) is 12.1 Å². The van der Waals surface area contributed by atoms with Gasteiger partial charge in [0, 0.05) is 38.6 Å². The van der Waals surface area contributed by atoms with Crippen molar-refractivity contribution in [2.75, 3.05) is 26.2 Å². The number of hydrogen-bond acceptors (Lipinski definition) is 5. The lowest BCUT2D eigenvalue weighted by atomic mass is 10.0. The maximum atomic E-state index is 12.3. The zero-order chi connectivity index (χ0) is 16.1. The highest BCUT2D eigenvalue weighted by atomic mass is 16.2. The summed E-state index contributed by atoms with van der Waals surface area (Å²) in [7, 11) is 0. The van der Waals surface area contributed by atoms with Gasteiger partial charge in [0.1, 0.15) is 18.7 Å². The Kier molecular flexibility index (Phi) is 5.13. The minimum atomic E-state index is -0.101. The van der Waals surface area contributed by atoms with Crippen molar-refractivity contribution in [2.24, 2.45) is 5.92 Å². The number of hydrogen-bond donors (Lipinski definition) is 0. The first-order valence-corrected chi connectivity index (χ1v) is 7.39. The maximum absolute atomic E-state index is 12.3. The van der Waals surface area contributed by atoms with Crippen LogP contribution in [0.2, 0.25) is 0 Å². The number of aromatic nitrogens is 2. The molecule has 0 aliphatic carbocycles. The highest BCUT2D eigenvalue weighted by molar-refractivity contribution is 5.76. The van der Waals surface area contributed by atoms with Gasteiger partial charge in [-0.3, -0.25) is 9.69 Å². The molecule has 116 valence electrons. The first-order chi connectivity index (χ1) is 10.6. The molecule has 0 N–H and O–H groups in total. The molecule has 1 aromatic heterocycles. The molecule has 2 rings (SSSR count). The molecule has 1 aliphatic rings. The molecule has 22 heavy (non-hydrogen) atoms. The molecule has 1 fully saturated rings. The van der Waals surface area contributed by atoms with Crippen molar-refractivity contribution >= 4 is 5.91 Å². The molecule has 2 heterocycles. The van der Waals surface area contributed by atoms with E-state index in [2.05, 4.69) is 16.0 Å². The van der Waals surface area contributed by atoms with Crippen LogP contribution in [0.25, 0.3) is 0 Å². The Morgan fingerprint density at radius 1 is 1.32 bits per heavy atom. The number of amides is 1. The minimum Gasteiger partial charge on any atom is -0.339 e. The summed E-state index contributed by atoms with van der Waals surface area (Å²) in [6, 6.07) is 4.20. The fourth-order valence-electron chi connectivity index (χ4n) is 2.70. The van der Waals surface area contributed by atoms with E-state index in [0.717, 1.165) is 0 Å². The highest BCUT2D eigenvalue weighted by Crippen LogP contribution is 2.13. The predicted molar refractivity (Wildman–Crippen MR) is 79.3 cm³/mol. The van der Waals surface area contributed by atoms with Crippen molar-refractivity contribution in [2.45, 2.75) is 26.4 Å². The summed E-state index contributed by atoms with van der Waals surface area (Å²) in [5.41, 5.74) is 0. The number of nitrogens with zero attached hydrogens (tertiary/aromatic N) is 6. The van der Waals surface area contributed by atoms with E-state index in [1.165, 1.54) is 6.20 Å². The second-order valence-corrected chi connectivity index (χ2v) is 5.73. The van der Waals surface area contributed by atoms with Crippen LogP contribution in [0.15, 0.2) is 12.4 Å². The monoisotopic (exact) mass is 300 g/mol. The zero-order valence-corrected chi connectivity index (χ0v) is 12.9. The molecule has 7 nitrogen and oxygen atoms in total. The minimum absolute atomic E-state index is 0.0211. The molecule has 1 saturated heterocycles. The van der Waals surface area contributed by atoms with Crippen molar-refractivity contribution in [3.05, 3.63) is 18.2 Å². The number of carbonyl (C=O) groups is 1. The van der Waals surface area contributed by atoms with Gasteiger partial charge < -0.3 is 9.47 Å². The molecule has 0 spiro atoms. The van der Waals surface area contributed by atoms with Crippen molar-refractivity contribution in [1.29, 1.82) is 10.5 Å². The van der Waals surface area contributed by atoms with Crippen LogP contribution in [0.1, 0.15) is 19.7 Å². The van der Waals surface area contributed by atoms with E-state index in [0.29, 0.717) is 26.2 Å². The Balaban J connectivity index is 1.91. The van der Waals surface area contributed by atoms with Crippen LogP contribution in [0.5, 0.6) is 0 Å². The lowest BCUT2D eigenvalue weighted by Crippen LogP contribution is -2.53. The summed E-state index contributed by atoms with van der Waals surface area (Å²) >= 11 is 0. The Morgan fingerprint density at radius 2 is 2.00 bits per heavy atom. The van der Waals surface area contributed by atoms with Crippen LogP contribution < -0.4 is 0 Å². The fourth-order valence-corrected chi connectivity index (χ4v) is 2.70. The Bertz CT molecular complexity index is 600. The van der Waals surface area contributed by atoms with Gasteiger partial charge in [-0.25, -0.2) is 4.98 Å². The summed E-state index contributed by atoms with van der Waals surface area (Å²) in [5, 5.41) is 18.1. The second-order valence-electron chi connectivity index (χ2n) is 5.73. The zero-order valence-electron chi connectivity index (χ0n) is 12.9. The topological polar surface area (TPSA) is 88.9 Å². The summed E-state index contributed by atoms with van der Waals surface area (Å²) in [6.07, 6.45) is 3.15. The summed E-state index contributed by atoms with van der Waals surface area (Å²) in [6.45, 7) is 6.84. The SMILES string of the molecule is CC(C)[C@@H](C#N)N1CCN(C(=O)Cn2ccnc2C#N)CC1. The van der Waals surface area contributed by atoms with Gasteiger partial charge in [0.25, 0.3) is 0 Å². The van der Waals surface area contributed by atoms with Gasteiger partial charge in [0.05, 0.1) is 6.07 Å². The molecule has 0 saturated carbocycles. The van der Waals surface area contributed by atoms with E-state index < -0.39 is 0 Å². The van der Waals surface area contributed by atoms with Crippen molar-refractivity contribution in [1.82, 2.24) is 19.4 Å². The molecule has 0 aromatic carbocycles. The van der Waals surface area contributed by atoms with Crippen LogP contribution in [-0.2, 0) is 11.3 Å². The smallest absolute Gasteiger partial charge is 0.242 e. The largest absolute Gasteiger partial charge is 0.339 e. The second kappa shape index (κ2) is 7.06. The fraction of sp³-hybridized carbons (Fsp3) is 0.600. The molecular formula is C15H20N6O.